The standard InChI is InChI=1S/C13H20N4O2/c1-16(7-10-4-3-5-10)11-6-12(15-9-14-11)17(2)8-13(18)19/h6,9-10H,3-5,7-8H2,1-2H3,(H,18,19). The molecule has 2 rings (SSSR count). The number of aliphatic carboxylic acids is 1. The van der Waals surface area contributed by atoms with Gasteiger partial charge in [0.25, 0.3) is 0 Å². The first-order valence-corrected chi connectivity index (χ1v) is 6.52. The average molecular weight is 264 g/mol. The second kappa shape index (κ2) is 5.86. The summed E-state index contributed by atoms with van der Waals surface area (Å²) in [6.45, 7) is 0.932. The van der Waals surface area contributed by atoms with Crippen LogP contribution in [0.4, 0.5) is 11.6 Å². The normalized spacial score (nSPS) is 14.8. The summed E-state index contributed by atoms with van der Waals surface area (Å²) in [5.41, 5.74) is 0. The molecule has 0 saturated heterocycles. The Hall–Kier alpha value is -1.85. The van der Waals surface area contributed by atoms with Crippen LogP contribution in [0.2, 0.25) is 0 Å². The van der Waals surface area contributed by atoms with Crippen molar-refractivity contribution in [3.63, 3.8) is 0 Å². The van der Waals surface area contributed by atoms with Gasteiger partial charge in [-0.25, -0.2) is 9.97 Å². The maximum Gasteiger partial charge on any atom is 0.323 e. The fourth-order valence-electron chi connectivity index (χ4n) is 2.19. The summed E-state index contributed by atoms with van der Waals surface area (Å²) >= 11 is 0. The largest absolute Gasteiger partial charge is 0.480 e. The van der Waals surface area contributed by atoms with E-state index in [1.54, 1.807) is 11.9 Å². The molecule has 0 unspecified atom stereocenters. The van der Waals surface area contributed by atoms with Crippen molar-refractivity contribution >= 4 is 17.6 Å². The van der Waals surface area contributed by atoms with E-state index in [4.69, 9.17) is 5.11 Å². The van der Waals surface area contributed by atoms with Crippen LogP contribution in [0.5, 0.6) is 0 Å². The van der Waals surface area contributed by atoms with Gasteiger partial charge in [0.2, 0.25) is 0 Å². The Bertz CT molecular complexity index is 448. The van der Waals surface area contributed by atoms with E-state index >= 15 is 0 Å². The lowest BCUT2D eigenvalue weighted by Crippen LogP contribution is -2.30. The van der Waals surface area contributed by atoms with Gasteiger partial charge in [0.05, 0.1) is 0 Å². The zero-order valence-corrected chi connectivity index (χ0v) is 11.4. The molecular weight excluding hydrogens is 244 g/mol. The molecule has 1 aliphatic rings. The number of aromatic nitrogens is 2. The van der Waals surface area contributed by atoms with E-state index < -0.39 is 5.97 Å². The van der Waals surface area contributed by atoms with Gasteiger partial charge < -0.3 is 14.9 Å². The van der Waals surface area contributed by atoms with Crippen molar-refractivity contribution in [3.8, 4) is 0 Å². The van der Waals surface area contributed by atoms with Crippen LogP contribution < -0.4 is 9.80 Å². The number of likely N-dealkylation sites (N-methyl/N-ethyl adjacent to an activating group) is 1. The topological polar surface area (TPSA) is 69.6 Å². The SMILES string of the molecule is CN(CC(=O)O)c1cc(N(C)CC2CCC2)ncn1. The second-order valence-corrected chi connectivity index (χ2v) is 5.16. The molecular formula is C13H20N4O2. The van der Waals surface area contributed by atoms with Crippen molar-refractivity contribution in [1.29, 1.82) is 0 Å². The van der Waals surface area contributed by atoms with E-state index in [2.05, 4.69) is 14.9 Å². The highest BCUT2D eigenvalue weighted by Crippen LogP contribution is 2.28. The first-order valence-electron chi connectivity index (χ1n) is 6.52. The molecule has 1 aliphatic carbocycles. The van der Waals surface area contributed by atoms with Crippen LogP contribution in [-0.2, 0) is 4.79 Å². The van der Waals surface area contributed by atoms with E-state index in [-0.39, 0.29) is 6.54 Å². The Morgan fingerprint density at radius 1 is 1.32 bits per heavy atom. The quantitative estimate of drug-likeness (QED) is 0.833. The predicted molar refractivity (Wildman–Crippen MR) is 73.5 cm³/mol. The van der Waals surface area contributed by atoms with Gasteiger partial charge in [-0.3, -0.25) is 4.79 Å². The predicted octanol–water partition coefficient (Wildman–Crippen LogP) is 1.23. The van der Waals surface area contributed by atoms with Crippen molar-refractivity contribution in [1.82, 2.24) is 9.97 Å². The minimum Gasteiger partial charge on any atom is -0.480 e. The molecule has 0 spiro atoms. The molecule has 0 radical (unpaired) electrons. The van der Waals surface area contributed by atoms with Gasteiger partial charge in [0.15, 0.2) is 0 Å². The lowest BCUT2D eigenvalue weighted by Gasteiger charge is -2.30. The van der Waals surface area contributed by atoms with Gasteiger partial charge in [0, 0.05) is 26.7 Å². The number of carboxylic acid groups (broad SMARTS) is 1. The molecule has 6 nitrogen and oxygen atoms in total. The van der Waals surface area contributed by atoms with Crippen LogP contribution in [0.1, 0.15) is 19.3 Å². The van der Waals surface area contributed by atoms with Gasteiger partial charge in [-0.1, -0.05) is 6.42 Å². The number of anilines is 2. The van der Waals surface area contributed by atoms with E-state index in [0.29, 0.717) is 5.82 Å². The summed E-state index contributed by atoms with van der Waals surface area (Å²) in [6.07, 6.45) is 5.40. The highest BCUT2D eigenvalue weighted by Gasteiger charge is 2.20. The molecule has 1 aromatic heterocycles. The molecule has 1 saturated carbocycles. The third-order valence-corrected chi connectivity index (χ3v) is 3.55. The second-order valence-electron chi connectivity index (χ2n) is 5.16. The first kappa shape index (κ1) is 13.6. The third kappa shape index (κ3) is 3.56. The molecule has 0 aromatic carbocycles. The number of rotatable bonds is 6. The summed E-state index contributed by atoms with van der Waals surface area (Å²) < 4.78 is 0. The molecule has 0 aliphatic heterocycles. The van der Waals surface area contributed by atoms with Crippen LogP contribution in [0.3, 0.4) is 0 Å². The highest BCUT2D eigenvalue weighted by atomic mass is 16.4. The zero-order valence-electron chi connectivity index (χ0n) is 11.4. The van der Waals surface area contributed by atoms with E-state index in [1.807, 2.05) is 13.1 Å². The maximum absolute atomic E-state index is 10.7. The number of hydrogen-bond acceptors (Lipinski definition) is 5. The number of nitrogens with zero attached hydrogens (tertiary/aromatic N) is 4. The Labute approximate surface area is 113 Å². The van der Waals surface area contributed by atoms with E-state index in [9.17, 15) is 4.79 Å². The Morgan fingerprint density at radius 2 is 1.95 bits per heavy atom. The van der Waals surface area contributed by atoms with Crippen molar-refractivity contribution in [2.45, 2.75) is 19.3 Å². The molecule has 104 valence electrons. The lowest BCUT2D eigenvalue weighted by atomic mass is 9.85. The average Bonchev–Trinajstić information content (AvgIpc) is 2.33. The maximum atomic E-state index is 10.7. The molecule has 1 fully saturated rings. The Balaban J connectivity index is 2.02. The minimum absolute atomic E-state index is 0.0667. The van der Waals surface area contributed by atoms with Gasteiger partial charge in [-0.15, -0.1) is 0 Å². The molecule has 19 heavy (non-hydrogen) atoms. The van der Waals surface area contributed by atoms with Gasteiger partial charge >= 0.3 is 5.97 Å². The number of hydrogen-bond donors (Lipinski definition) is 1. The molecule has 0 atom stereocenters. The summed E-state index contributed by atoms with van der Waals surface area (Å²) in [7, 11) is 3.73. The summed E-state index contributed by atoms with van der Waals surface area (Å²) in [5, 5.41) is 8.79. The molecule has 1 heterocycles. The van der Waals surface area contributed by atoms with Crippen molar-refractivity contribution in [3.05, 3.63) is 12.4 Å². The third-order valence-electron chi connectivity index (χ3n) is 3.55. The smallest absolute Gasteiger partial charge is 0.323 e. The fourth-order valence-corrected chi connectivity index (χ4v) is 2.19. The summed E-state index contributed by atoms with van der Waals surface area (Å²) in [6, 6.07) is 1.83. The Kier molecular flexibility index (Phi) is 4.19. The van der Waals surface area contributed by atoms with Crippen LogP contribution in [-0.4, -0.2) is 48.2 Å². The van der Waals surface area contributed by atoms with Gasteiger partial charge in [-0.05, 0) is 18.8 Å². The first-order chi connectivity index (χ1) is 9.06. The van der Waals surface area contributed by atoms with Crippen molar-refractivity contribution in [2.75, 3.05) is 37.0 Å². The Morgan fingerprint density at radius 3 is 2.47 bits per heavy atom. The molecule has 1 N–H and O–H groups in total. The van der Waals surface area contributed by atoms with Crippen molar-refractivity contribution < 1.29 is 9.90 Å². The number of carbonyl (C=O) groups is 1. The van der Waals surface area contributed by atoms with E-state index in [1.165, 1.54) is 25.6 Å². The van der Waals surface area contributed by atoms with Crippen molar-refractivity contribution in [2.24, 2.45) is 5.92 Å². The summed E-state index contributed by atoms with van der Waals surface area (Å²) in [5.74, 6) is 1.37. The minimum atomic E-state index is -0.870. The molecule has 0 bridgehead atoms. The highest BCUT2D eigenvalue weighted by molar-refractivity contribution is 5.73. The number of carboxylic acids is 1. The fraction of sp³-hybridized carbons (Fsp3) is 0.615. The molecule has 1 aromatic rings. The van der Waals surface area contributed by atoms with Crippen LogP contribution in [0.25, 0.3) is 0 Å². The van der Waals surface area contributed by atoms with Crippen LogP contribution in [0.15, 0.2) is 12.4 Å². The van der Waals surface area contributed by atoms with E-state index in [0.717, 1.165) is 18.3 Å². The van der Waals surface area contributed by atoms with Crippen LogP contribution >= 0.6 is 0 Å². The monoisotopic (exact) mass is 264 g/mol. The molecule has 6 heteroatoms. The zero-order chi connectivity index (χ0) is 13.8. The lowest BCUT2D eigenvalue weighted by molar-refractivity contribution is -0.135. The van der Waals surface area contributed by atoms with Gasteiger partial charge in [0.1, 0.15) is 24.5 Å². The van der Waals surface area contributed by atoms with Gasteiger partial charge in [-0.2, -0.15) is 0 Å². The summed E-state index contributed by atoms with van der Waals surface area (Å²) in [4.78, 5) is 22.8. The molecule has 0 amide bonds. The van der Waals surface area contributed by atoms with Crippen LogP contribution in [0, 0.1) is 5.92 Å².